The van der Waals surface area contributed by atoms with E-state index in [1.807, 2.05) is 18.2 Å². The lowest BCUT2D eigenvalue weighted by atomic mass is 10.1. The first-order chi connectivity index (χ1) is 13.6. The number of thioether (sulfide) groups is 1. The molecule has 0 radical (unpaired) electrons. The molecule has 0 N–H and O–H groups in total. The van der Waals surface area contributed by atoms with Crippen LogP contribution in [0.1, 0.15) is 10.4 Å². The summed E-state index contributed by atoms with van der Waals surface area (Å²) < 4.78 is 1.55. The molecule has 0 atom stereocenters. The van der Waals surface area contributed by atoms with Crippen LogP contribution in [0.25, 0.3) is 17.0 Å². The van der Waals surface area contributed by atoms with E-state index in [0.29, 0.717) is 22.2 Å². The van der Waals surface area contributed by atoms with Crippen molar-refractivity contribution in [3.8, 4) is 11.4 Å². The monoisotopic (exact) mass is 392 g/mol. The standard InChI is InChI=1S/C18H12N6O3S/c25-16(12-4-3-5-13(10-12)24(26)27)11-28-18-21-20-17-8-7-15(22-23(17)18)14-6-1-2-9-19-14/h1-10H,11H2. The predicted molar refractivity (Wildman–Crippen MR) is 102 cm³/mol. The summed E-state index contributed by atoms with van der Waals surface area (Å²) in [4.78, 5) is 27.0. The number of hydrogen-bond acceptors (Lipinski definition) is 8. The third-order valence-electron chi connectivity index (χ3n) is 3.87. The first kappa shape index (κ1) is 17.7. The first-order valence-corrected chi connectivity index (χ1v) is 9.15. The van der Waals surface area contributed by atoms with E-state index in [4.69, 9.17) is 0 Å². The highest BCUT2D eigenvalue weighted by Crippen LogP contribution is 2.21. The van der Waals surface area contributed by atoms with Crippen LogP contribution in [0.3, 0.4) is 0 Å². The lowest BCUT2D eigenvalue weighted by Gasteiger charge is -2.03. The third-order valence-corrected chi connectivity index (χ3v) is 4.79. The minimum Gasteiger partial charge on any atom is -0.293 e. The number of nitrogens with zero attached hydrogens (tertiary/aromatic N) is 6. The number of fused-ring (bicyclic) bond motifs is 1. The average Bonchev–Trinajstić information content (AvgIpc) is 3.15. The number of carbonyl (C=O) groups is 1. The Bertz CT molecular complexity index is 1180. The molecule has 0 aliphatic carbocycles. The largest absolute Gasteiger partial charge is 0.293 e. The fraction of sp³-hybridized carbons (Fsp3) is 0.0556. The van der Waals surface area contributed by atoms with Crippen LogP contribution in [-0.2, 0) is 0 Å². The molecule has 10 heteroatoms. The van der Waals surface area contributed by atoms with Gasteiger partial charge in [0.05, 0.1) is 16.4 Å². The summed E-state index contributed by atoms with van der Waals surface area (Å²) in [7, 11) is 0. The smallest absolute Gasteiger partial charge is 0.270 e. The van der Waals surface area contributed by atoms with Crippen LogP contribution in [-0.4, -0.2) is 41.3 Å². The minimum atomic E-state index is -0.529. The van der Waals surface area contributed by atoms with Crippen LogP contribution in [0.15, 0.2) is 66.0 Å². The Balaban J connectivity index is 1.56. The van der Waals surface area contributed by atoms with Gasteiger partial charge in [0.15, 0.2) is 11.4 Å². The van der Waals surface area contributed by atoms with Crippen molar-refractivity contribution in [3.63, 3.8) is 0 Å². The molecule has 4 rings (SSSR count). The highest BCUT2D eigenvalue weighted by atomic mass is 32.2. The van der Waals surface area contributed by atoms with E-state index < -0.39 is 4.92 Å². The zero-order chi connectivity index (χ0) is 19.5. The summed E-state index contributed by atoms with van der Waals surface area (Å²) >= 11 is 1.16. The molecular formula is C18H12N6O3S. The number of nitro benzene ring substituents is 1. The van der Waals surface area contributed by atoms with Crippen LogP contribution in [0.2, 0.25) is 0 Å². The van der Waals surface area contributed by atoms with Crippen LogP contribution < -0.4 is 0 Å². The van der Waals surface area contributed by atoms with Gasteiger partial charge in [-0.15, -0.1) is 10.2 Å². The normalized spacial score (nSPS) is 10.9. The fourth-order valence-electron chi connectivity index (χ4n) is 2.52. The van der Waals surface area contributed by atoms with Gasteiger partial charge in [-0.2, -0.15) is 9.61 Å². The fourth-order valence-corrected chi connectivity index (χ4v) is 3.30. The summed E-state index contributed by atoms with van der Waals surface area (Å²) in [5, 5.41) is 23.9. The Kier molecular flexibility index (Phi) is 4.77. The number of hydrogen-bond donors (Lipinski definition) is 0. The van der Waals surface area contributed by atoms with Gasteiger partial charge in [-0.3, -0.25) is 19.9 Å². The van der Waals surface area contributed by atoms with Gasteiger partial charge >= 0.3 is 0 Å². The molecule has 138 valence electrons. The molecule has 0 saturated carbocycles. The molecule has 28 heavy (non-hydrogen) atoms. The lowest BCUT2D eigenvalue weighted by Crippen LogP contribution is -2.04. The minimum absolute atomic E-state index is 0.0530. The molecule has 1 aromatic carbocycles. The molecule has 0 aliphatic rings. The van der Waals surface area contributed by atoms with Gasteiger partial charge in [-0.1, -0.05) is 30.0 Å². The van der Waals surface area contributed by atoms with E-state index in [9.17, 15) is 14.9 Å². The highest BCUT2D eigenvalue weighted by molar-refractivity contribution is 7.99. The van der Waals surface area contributed by atoms with Crippen LogP contribution in [0.5, 0.6) is 0 Å². The topological polar surface area (TPSA) is 116 Å². The van der Waals surface area contributed by atoms with Gasteiger partial charge in [-0.25, -0.2) is 0 Å². The van der Waals surface area contributed by atoms with Crippen molar-refractivity contribution in [2.45, 2.75) is 5.16 Å². The van der Waals surface area contributed by atoms with Crippen LogP contribution >= 0.6 is 11.8 Å². The second kappa shape index (κ2) is 7.53. The van der Waals surface area contributed by atoms with E-state index in [2.05, 4.69) is 20.3 Å². The van der Waals surface area contributed by atoms with Gasteiger partial charge in [0.25, 0.3) is 5.69 Å². The zero-order valence-corrected chi connectivity index (χ0v) is 15.1. The summed E-state index contributed by atoms with van der Waals surface area (Å²) in [5.41, 5.74) is 2.06. The molecule has 0 spiro atoms. The van der Waals surface area contributed by atoms with E-state index >= 15 is 0 Å². The molecule has 3 aromatic heterocycles. The lowest BCUT2D eigenvalue weighted by molar-refractivity contribution is -0.384. The predicted octanol–water partition coefficient (Wildman–Crippen LogP) is 3.07. The Hall–Kier alpha value is -3.66. The van der Waals surface area contributed by atoms with Crippen LogP contribution in [0, 0.1) is 10.1 Å². The molecule has 0 bridgehead atoms. The molecule has 0 amide bonds. The number of ketones is 1. The SMILES string of the molecule is O=C(CSc1nnc2ccc(-c3ccccn3)nn12)c1cccc([N+](=O)[O-])c1. The molecule has 4 aromatic rings. The maximum atomic E-state index is 12.4. The summed E-state index contributed by atoms with van der Waals surface area (Å²) in [6, 6.07) is 14.8. The van der Waals surface area contributed by atoms with E-state index in [0.717, 1.165) is 11.8 Å². The molecule has 0 aliphatic heterocycles. The van der Waals surface area contributed by atoms with Gasteiger partial charge in [-0.05, 0) is 24.3 Å². The van der Waals surface area contributed by atoms with Crippen molar-refractivity contribution in [2.75, 3.05) is 5.75 Å². The Morgan fingerprint density at radius 2 is 1.96 bits per heavy atom. The van der Waals surface area contributed by atoms with Crippen molar-refractivity contribution >= 4 is 28.9 Å². The molecule has 0 unspecified atom stereocenters. The quantitative estimate of drug-likeness (QED) is 0.213. The average molecular weight is 392 g/mol. The van der Waals surface area contributed by atoms with E-state index in [-0.39, 0.29) is 22.8 Å². The van der Waals surface area contributed by atoms with Gasteiger partial charge in [0, 0.05) is 23.9 Å². The molecule has 0 fully saturated rings. The number of benzene rings is 1. The number of non-ortho nitro benzene ring substituents is 1. The Labute approximate surface area is 162 Å². The maximum Gasteiger partial charge on any atom is 0.270 e. The van der Waals surface area contributed by atoms with Crippen molar-refractivity contribution < 1.29 is 9.72 Å². The van der Waals surface area contributed by atoms with Crippen molar-refractivity contribution in [1.29, 1.82) is 0 Å². The number of carbonyl (C=O) groups excluding carboxylic acids is 1. The zero-order valence-electron chi connectivity index (χ0n) is 14.3. The van der Waals surface area contributed by atoms with Gasteiger partial charge < -0.3 is 0 Å². The molecule has 9 nitrogen and oxygen atoms in total. The number of aromatic nitrogens is 5. The maximum absolute atomic E-state index is 12.4. The van der Waals surface area contributed by atoms with Crippen LogP contribution in [0.4, 0.5) is 5.69 Å². The number of Topliss-reactive ketones (excluding diaryl/α,β-unsaturated/α-hetero) is 1. The summed E-state index contributed by atoms with van der Waals surface area (Å²) in [5.74, 6) is -0.191. The summed E-state index contributed by atoms with van der Waals surface area (Å²) in [6.45, 7) is 0. The van der Waals surface area contributed by atoms with Crippen molar-refractivity contribution in [2.24, 2.45) is 0 Å². The summed E-state index contributed by atoms with van der Waals surface area (Å²) in [6.07, 6.45) is 1.68. The molecule has 3 heterocycles. The van der Waals surface area contributed by atoms with Crippen molar-refractivity contribution in [1.82, 2.24) is 24.8 Å². The number of nitro groups is 1. The van der Waals surface area contributed by atoms with E-state index in [1.165, 1.54) is 18.2 Å². The van der Waals surface area contributed by atoms with Gasteiger partial charge in [0.1, 0.15) is 5.69 Å². The number of pyridine rings is 1. The second-order valence-corrected chi connectivity index (χ2v) is 6.65. The molecular weight excluding hydrogens is 380 g/mol. The highest BCUT2D eigenvalue weighted by Gasteiger charge is 2.15. The Morgan fingerprint density at radius 3 is 2.75 bits per heavy atom. The Morgan fingerprint density at radius 1 is 1.07 bits per heavy atom. The van der Waals surface area contributed by atoms with Crippen molar-refractivity contribution in [3.05, 3.63) is 76.5 Å². The molecule has 0 saturated heterocycles. The number of rotatable bonds is 6. The first-order valence-electron chi connectivity index (χ1n) is 8.16. The second-order valence-electron chi connectivity index (χ2n) is 5.71. The van der Waals surface area contributed by atoms with E-state index in [1.54, 1.807) is 28.9 Å². The van der Waals surface area contributed by atoms with Gasteiger partial charge in [0.2, 0.25) is 5.16 Å². The third kappa shape index (κ3) is 3.58.